The molecule has 1 aliphatic carbocycles. The van der Waals surface area contributed by atoms with Gasteiger partial charge in [0, 0.05) is 42.3 Å². The molecule has 3 N–H and O–H groups in total. The number of pyridine rings is 2. The maximum absolute atomic E-state index is 12.5. The van der Waals surface area contributed by atoms with Gasteiger partial charge in [0.05, 0.1) is 5.69 Å². The van der Waals surface area contributed by atoms with E-state index in [2.05, 4.69) is 44.6 Å². The Morgan fingerprint density at radius 2 is 2.17 bits per heavy atom. The topological polar surface area (TPSA) is 95.6 Å². The summed E-state index contributed by atoms with van der Waals surface area (Å²) in [6, 6.07) is 7.70. The molecule has 0 atom stereocenters. The molecular formula is C23H28N6O. The molecule has 0 radical (unpaired) electrons. The summed E-state index contributed by atoms with van der Waals surface area (Å²) in [7, 11) is 0. The lowest BCUT2D eigenvalue weighted by molar-refractivity contribution is 0.0951. The molecule has 3 aromatic heterocycles. The molecule has 3 heterocycles. The van der Waals surface area contributed by atoms with Crippen molar-refractivity contribution in [3.63, 3.8) is 0 Å². The van der Waals surface area contributed by atoms with Crippen LogP contribution in [0.4, 0.5) is 5.82 Å². The predicted molar refractivity (Wildman–Crippen MR) is 117 cm³/mol. The molecule has 0 saturated carbocycles. The SMILES string of the molecule is CCNC(=O)c1cc(-c2n[nH]c3c2CCC(C)(C)C3)cc(NCc2cccnc2)n1. The summed E-state index contributed by atoms with van der Waals surface area (Å²) < 4.78 is 0. The molecule has 3 aromatic rings. The number of anilines is 1. The number of aromatic nitrogens is 4. The summed E-state index contributed by atoms with van der Waals surface area (Å²) in [6.45, 7) is 7.60. The van der Waals surface area contributed by atoms with Crippen LogP contribution in [-0.2, 0) is 19.4 Å². The van der Waals surface area contributed by atoms with Crippen molar-refractivity contribution in [2.24, 2.45) is 5.41 Å². The van der Waals surface area contributed by atoms with Crippen molar-refractivity contribution >= 4 is 11.7 Å². The van der Waals surface area contributed by atoms with Crippen LogP contribution in [-0.4, -0.2) is 32.6 Å². The van der Waals surface area contributed by atoms with E-state index in [-0.39, 0.29) is 11.3 Å². The summed E-state index contributed by atoms with van der Waals surface area (Å²) >= 11 is 0. The Morgan fingerprint density at radius 3 is 2.93 bits per heavy atom. The summed E-state index contributed by atoms with van der Waals surface area (Å²) in [5.74, 6) is 0.458. The molecule has 0 fully saturated rings. The average Bonchev–Trinajstić information content (AvgIpc) is 3.15. The molecule has 0 aromatic carbocycles. The van der Waals surface area contributed by atoms with Gasteiger partial charge in [0.15, 0.2) is 0 Å². The first-order chi connectivity index (χ1) is 14.4. The van der Waals surface area contributed by atoms with Crippen LogP contribution < -0.4 is 10.6 Å². The minimum Gasteiger partial charge on any atom is -0.366 e. The molecule has 156 valence electrons. The van der Waals surface area contributed by atoms with E-state index in [9.17, 15) is 4.79 Å². The lowest BCUT2D eigenvalue weighted by atomic mass is 9.76. The number of H-pyrrole nitrogens is 1. The zero-order valence-electron chi connectivity index (χ0n) is 17.7. The zero-order valence-corrected chi connectivity index (χ0v) is 17.7. The summed E-state index contributed by atoms with van der Waals surface area (Å²) in [4.78, 5) is 21.2. The van der Waals surface area contributed by atoms with Crippen molar-refractivity contribution in [2.45, 2.75) is 46.6 Å². The van der Waals surface area contributed by atoms with Gasteiger partial charge in [-0.2, -0.15) is 5.10 Å². The van der Waals surface area contributed by atoms with Crippen LogP contribution in [0.5, 0.6) is 0 Å². The van der Waals surface area contributed by atoms with Crippen molar-refractivity contribution in [3.05, 3.63) is 59.2 Å². The maximum Gasteiger partial charge on any atom is 0.269 e. The van der Waals surface area contributed by atoms with Crippen LogP contribution in [0.25, 0.3) is 11.3 Å². The van der Waals surface area contributed by atoms with Crippen LogP contribution in [0.2, 0.25) is 0 Å². The Morgan fingerprint density at radius 1 is 1.30 bits per heavy atom. The standard InChI is InChI=1S/C23H28N6O/c1-4-25-22(30)18-10-16(11-20(27-18)26-14-15-6-5-9-24-13-15)21-17-7-8-23(2,3)12-19(17)28-29-21/h5-6,9-11,13H,4,7-8,12,14H2,1-3H3,(H,25,30)(H,26,27)(H,28,29). The van der Waals surface area contributed by atoms with E-state index in [1.165, 1.54) is 11.3 Å². The molecule has 1 amide bonds. The van der Waals surface area contributed by atoms with Crippen LogP contribution in [0.1, 0.15) is 54.5 Å². The molecule has 0 saturated heterocycles. The summed E-state index contributed by atoms with van der Waals surface area (Å²) in [5.41, 5.74) is 5.97. The van der Waals surface area contributed by atoms with Gasteiger partial charge in [0.1, 0.15) is 11.5 Å². The Labute approximate surface area is 176 Å². The van der Waals surface area contributed by atoms with Crippen molar-refractivity contribution in [1.82, 2.24) is 25.5 Å². The van der Waals surface area contributed by atoms with Gasteiger partial charge in [0.25, 0.3) is 5.91 Å². The second-order valence-electron chi connectivity index (χ2n) is 8.57. The van der Waals surface area contributed by atoms with E-state index in [4.69, 9.17) is 0 Å². The van der Waals surface area contributed by atoms with Gasteiger partial charge in [-0.15, -0.1) is 0 Å². The molecule has 4 rings (SSSR count). The first-order valence-electron chi connectivity index (χ1n) is 10.4. The number of rotatable bonds is 6. The largest absolute Gasteiger partial charge is 0.366 e. The van der Waals surface area contributed by atoms with E-state index in [1.54, 1.807) is 6.20 Å². The number of carbonyl (C=O) groups is 1. The Bertz CT molecular complexity index is 1040. The average molecular weight is 405 g/mol. The van der Waals surface area contributed by atoms with E-state index < -0.39 is 0 Å². The van der Waals surface area contributed by atoms with E-state index in [0.717, 1.165) is 36.1 Å². The number of amides is 1. The molecular weight excluding hydrogens is 376 g/mol. The molecule has 0 spiro atoms. The second kappa shape index (κ2) is 8.26. The number of fused-ring (bicyclic) bond motifs is 1. The minimum atomic E-state index is -0.186. The highest BCUT2D eigenvalue weighted by Gasteiger charge is 2.29. The monoisotopic (exact) mass is 404 g/mol. The zero-order chi connectivity index (χ0) is 21.1. The Balaban J connectivity index is 1.68. The fourth-order valence-electron chi connectivity index (χ4n) is 3.91. The highest BCUT2D eigenvalue weighted by Crippen LogP contribution is 2.38. The Kier molecular flexibility index (Phi) is 5.53. The third kappa shape index (κ3) is 4.35. The quantitative estimate of drug-likeness (QED) is 0.582. The fourth-order valence-corrected chi connectivity index (χ4v) is 3.91. The smallest absolute Gasteiger partial charge is 0.269 e. The molecule has 0 bridgehead atoms. The lowest BCUT2D eigenvalue weighted by Crippen LogP contribution is -2.24. The molecule has 7 heteroatoms. The molecule has 0 aliphatic heterocycles. The number of hydrogen-bond donors (Lipinski definition) is 3. The first-order valence-corrected chi connectivity index (χ1v) is 10.4. The van der Waals surface area contributed by atoms with Gasteiger partial charge < -0.3 is 10.6 Å². The van der Waals surface area contributed by atoms with Gasteiger partial charge in [-0.1, -0.05) is 19.9 Å². The van der Waals surface area contributed by atoms with Gasteiger partial charge in [-0.05, 0) is 55.4 Å². The second-order valence-corrected chi connectivity index (χ2v) is 8.57. The van der Waals surface area contributed by atoms with Gasteiger partial charge in [0.2, 0.25) is 0 Å². The van der Waals surface area contributed by atoms with Gasteiger partial charge in [-0.3, -0.25) is 14.9 Å². The summed E-state index contributed by atoms with van der Waals surface area (Å²) in [5, 5.41) is 14.0. The van der Waals surface area contributed by atoms with Crippen LogP contribution >= 0.6 is 0 Å². The molecule has 0 unspecified atom stereocenters. The van der Waals surface area contributed by atoms with Crippen LogP contribution in [0.15, 0.2) is 36.7 Å². The van der Waals surface area contributed by atoms with E-state index >= 15 is 0 Å². The molecule has 7 nitrogen and oxygen atoms in total. The number of aromatic amines is 1. The van der Waals surface area contributed by atoms with Crippen molar-refractivity contribution < 1.29 is 4.79 Å². The lowest BCUT2D eigenvalue weighted by Gasteiger charge is -2.29. The van der Waals surface area contributed by atoms with Crippen molar-refractivity contribution in [3.8, 4) is 11.3 Å². The van der Waals surface area contributed by atoms with Gasteiger partial charge in [-0.25, -0.2) is 4.98 Å². The van der Waals surface area contributed by atoms with Crippen LogP contribution in [0.3, 0.4) is 0 Å². The highest BCUT2D eigenvalue weighted by atomic mass is 16.1. The number of nitrogens with zero attached hydrogens (tertiary/aromatic N) is 3. The number of nitrogens with one attached hydrogen (secondary N) is 3. The van der Waals surface area contributed by atoms with E-state index in [1.807, 2.05) is 37.4 Å². The van der Waals surface area contributed by atoms with Crippen molar-refractivity contribution in [2.75, 3.05) is 11.9 Å². The number of hydrogen-bond acceptors (Lipinski definition) is 5. The Hall–Kier alpha value is -3.22. The van der Waals surface area contributed by atoms with Crippen LogP contribution in [0, 0.1) is 5.41 Å². The third-order valence-corrected chi connectivity index (χ3v) is 5.53. The highest BCUT2D eigenvalue weighted by molar-refractivity contribution is 5.94. The van der Waals surface area contributed by atoms with E-state index in [0.29, 0.717) is 24.6 Å². The van der Waals surface area contributed by atoms with Crippen molar-refractivity contribution in [1.29, 1.82) is 0 Å². The fraction of sp³-hybridized carbons (Fsp3) is 0.391. The van der Waals surface area contributed by atoms with Gasteiger partial charge >= 0.3 is 0 Å². The number of carbonyl (C=O) groups excluding carboxylic acids is 1. The molecule has 1 aliphatic rings. The normalized spacial score (nSPS) is 14.8. The summed E-state index contributed by atoms with van der Waals surface area (Å²) in [6.07, 6.45) is 6.64. The predicted octanol–water partition coefficient (Wildman–Crippen LogP) is 3.74. The maximum atomic E-state index is 12.5. The first kappa shape index (κ1) is 20.1. The minimum absolute atomic E-state index is 0.186. The third-order valence-electron chi connectivity index (χ3n) is 5.53. The molecule has 30 heavy (non-hydrogen) atoms.